The zero-order valence-electron chi connectivity index (χ0n) is 13.0. The minimum absolute atomic E-state index is 0.315. The second kappa shape index (κ2) is 7.14. The molecule has 1 atom stereocenters. The van der Waals surface area contributed by atoms with Crippen LogP contribution in [0.1, 0.15) is 51.3 Å². The lowest BCUT2D eigenvalue weighted by atomic mass is 9.90. The third-order valence-corrected chi connectivity index (χ3v) is 3.43. The minimum Gasteiger partial charge on any atom is -0.374 e. The van der Waals surface area contributed by atoms with E-state index in [2.05, 4.69) is 5.32 Å². The zero-order chi connectivity index (χ0) is 15.3. The van der Waals surface area contributed by atoms with Gasteiger partial charge in [0.15, 0.2) is 11.6 Å². The summed E-state index contributed by atoms with van der Waals surface area (Å²) in [5, 5.41) is 3.27. The largest absolute Gasteiger partial charge is 0.374 e. The first-order chi connectivity index (χ1) is 9.35. The van der Waals surface area contributed by atoms with Crippen molar-refractivity contribution in [2.24, 2.45) is 0 Å². The standard InChI is InChI=1S/C16H25F2NO/c1-6-10-19-15(16(4,5)20-7-2)12-9-8-11(3)13(17)14(12)18/h8-9,15,19H,6-7,10H2,1-5H3. The highest BCUT2D eigenvalue weighted by Crippen LogP contribution is 2.32. The van der Waals surface area contributed by atoms with Gasteiger partial charge < -0.3 is 10.1 Å². The number of hydrogen-bond donors (Lipinski definition) is 1. The molecule has 4 heteroatoms. The predicted molar refractivity (Wildman–Crippen MR) is 77.8 cm³/mol. The molecule has 0 aromatic heterocycles. The molecule has 1 N–H and O–H groups in total. The molecule has 1 rings (SSSR count). The Balaban J connectivity index is 3.20. The van der Waals surface area contributed by atoms with Crippen molar-refractivity contribution in [2.75, 3.05) is 13.2 Å². The molecule has 0 aliphatic rings. The van der Waals surface area contributed by atoms with E-state index in [9.17, 15) is 8.78 Å². The molecule has 1 aromatic rings. The number of aryl methyl sites for hydroxylation is 1. The average Bonchev–Trinajstić information content (AvgIpc) is 2.38. The highest BCUT2D eigenvalue weighted by molar-refractivity contribution is 5.29. The molecule has 0 aliphatic heterocycles. The fraction of sp³-hybridized carbons (Fsp3) is 0.625. The lowest BCUT2D eigenvalue weighted by molar-refractivity contribution is -0.0400. The molecule has 0 heterocycles. The van der Waals surface area contributed by atoms with Gasteiger partial charge in [0.1, 0.15) is 0 Å². The summed E-state index contributed by atoms with van der Waals surface area (Å²) in [7, 11) is 0. The van der Waals surface area contributed by atoms with E-state index in [0.29, 0.717) is 17.7 Å². The fourth-order valence-corrected chi connectivity index (χ4v) is 2.36. The van der Waals surface area contributed by atoms with Gasteiger partial charge in [0.2, 0.25) is 0 Å². The molecule has 0 amide bonds. The monoisotopic (exact) mass is 285 g/mol. The first kappa shape index (κ1) is 17.1. The van der Waals surface area contributed by atoms with Crippen LogP contribution < -0.4 is 5.32 Å². The Bertz CT molecular complexity index is 446. The summed E-state index contributed by atoms with van der Waals surface area (Å²) in [6.45, 7) is 10.5. The first-order valence-electron chi connectivity index (χ1n) is 7.17. The number of ether oxygens (including phenoxy) is 1. The number of halogens is 2. The molecule has 0 spiro atoms. The summed E-state index contributed by atoms with van der Waals surface area (Å²) in [6.07, 6.45) is 0.911. The molecule has 0 aliphatic carbocycles. The molecule has 0 saturated heterocycles. The van der Waals surface area contributed by atoms with E-state index >= 15 is 0 Å². The van der Waals surface area contributed by atoms with Crippen LogP contribution in [0, 0.1) is 18.6 Å². The predicted octanol–water partition coefficient (Wildman–Crippen LogP) is 4.13. The van der Waals surface area contributed by atoms with Crippen LogP contribution in [0.5, 0.6) is 0 Å². The third-order valence-electron chi connectivity index (χ3n) is 3.43. The summed E-state index contributed by atoms with van der Waals surface area (Å²) in [5.41, 5.74) is 0.0154. The van der Waals surface area contributed by atoms with Gasteiger partial charge in [-0.2, -0.15) is 0 Å². The van der Waals surface area contributed by atoms with E-state index < -0.39 is 23.3 Å². The number of benzene rings is 1. The van der Waals surface area contributed by atoms with Crippen molar-refractivity contribution in [1.29, 1.82) is 0 Å². The van der Waals surface area contributed by atoms with E-state index in [1.165, 1.54) is 0 Å². The van der Waals surface area contributed by atoms with Crippen molar-refractivity contribution in [2.45, 2.75) is 52.7 Å². The Hall–Kier alpha value is -1.00. The SMILES string of the molecule is CCCNC(c1ccc(C)c(F)c1F)C(C)(C)OCC. The fourth-order valence-electron chi connectivity index (χ4n) is 2.36. The Kier molecular flexibility index (Phi) is 6.08. The number of hydrogen-bond acceptors (Lipinski definition) is 2. The Labute approximate surface area is 120 Å². The van der Waals surface area contributed by atoms with Crippen molar-refractivity contribution in [3.63, 3.8) is 0 Å². The second-order valence-electron chi connectivity index (χ2n) is 5.52. The van der Waals surface area contributed by atoms with Gasteiger partial charge in [-0.05, 0) is 46.2 Å². The van der Waals surface area contributed by atoms with Gasteiger partial charge in [-0.15, -0.1) is 0 Å². The summed E-state index contributed by atoms with van der Waals surface area (Å²) < 4.78 is 33.8. The van der Waals surface area contributed by atoms with Crippen LogP contribution in [-0.4, -0.2) is 18.8 Å². The highest BCUT2D eigenvalue weighted by atomic mass is 19.2. The maximum Gasteiger partial charge on any atom is 0.163 e. The number of nitrogens with one attached hydrogen (secondary N) is 1. The second-order valence-corrected chi connectivity index (χ2v) is 5.52. The molecule has 114 valence electrons. The Morgan fingerprint density at radius 3 is 2.40 bits per heavy atom. The van der Waals surface area contributed by atoms with Gasteiger partial charge in [0.05, 0.1) is 11.6 Å². The smallest absolute Gasteiger partial charge is 0.163 e. The molecular formula is C16H25F2NO. The van der Waals surface area contributed by atoms with Crippen molar-refractivity contribution in [1.82, 2.24) is 5.32 Å². The molecule has 2 nitrogen and oxygen atoms in total. The van der Waals surface area contributed by atoms with E-state index in [1.807, 2.05) is 27.7 Å². The molecule has 0 radical (unpaired) electrons. The van der Waals surface area contributed by atoms with Gasteiger partial charge in [0.25, 0.3) is 0 Å². The van der Waals surface area contributed by atoms with Crippen LogP contribution in [0.2, 0.25) is 0 Å². The van der Waals surface area contributed by atoms with Gasteiger partial charge in [0, 0.05) is 12.2 Å². The van der Waals surface area contributed by atoms with Gasteiger partial charge in [-0.25, -0.2) is 8.78 Å². The number of rotatable bonds is 7. The molecule has 1 unspecified atom stereocenters. The summed E-state index contributed by atoms with van der Waals surface area (Å²) >= 11 is 0. The summed E-state index contributed by atoms with van der Waals surface area (Å²) in [5.74, 6) is -1.57. The molecule has 20 heavy (non-hydrogen) atoms. The van der Waals surface area contributed by atoms with E-state index in [0.717, 1.165) is 13.0 Å². The van der Waals surface area contributed by atoms with Crippen LogP contribution in [0.15, 0.2) is 12.1 Å². The topological polar surface area (TPSA) is 21.3 Å². The maximum absolute atomic E-state index is 14.2. The van der Waals surface area contributed by atoms with Crippen LogP contribution in [0.25, 0.3) is 0 Å². The Morgan fingerprint density at radius 2 is 1.85 bits per heavy atom. The first-order valence-corrected chi connectivity index (χ1v) is 7.17. The van der Waals surface area contributed by atoms with Crippen LogP contribution in [0.4, 0.5) is 8.78 Å². The normalized spacial score (nSPS) is 13.6. The lowest BCUT2D eigenvalue weighted by Gasteiger charge is -2.35. The summed E-state index contributed by atoms with van der Waals surface area (Å²) in [4.78, 5) is 0. The lowest BCUT2D eigenvalue weighted by Crippen LogP contribution is -2.42. The highest BCUT2D eigenvalue weighted by Gasteiger charge is 2.33. The van der Waals surface area contributed by atoms with Gasteiger partial charge in [-0.3, -0.25) is 0 Å². The zero-order valence-corrected chi connectivity index (χ0v) is 13.0. The minimum atomic E-state index is -0.786. The van der Waals surface area contributed by atoms with Crippen molar-refractivity contribution in [3.05, 3.63) is 34.9 Å². The van der Waals surface area contributed by atoms with E-state index in [-0.39, 0.29) is 0 Å². The maximum atomic E-state index is 14.2. The average molecular weight is 285 g/mol. The van der Waals surface area contributed by atoms with Crippen molar-refractivity contribution >= 4 is 0 Å². The molecule has 0 saturated carbocycles. The molecule has 1 aromatic carbocycles. The van der Waals surface area contributed by atoms with Crippen molar-refractivity contribution < 1.29 is 13.5 Å². The quantitative estimate of drug-likeness (QED) is 0.813. The molecule has 0 fully saturated rings. The van der Waals surface area contributed by atoms with Crippen LogP contribution >= 0.6 is 0 Å². The Morgan fingerprint density at radius 1 is 1.20 bits per heavy atom. The van der Waals surface area contributed by atoms with Crippen LogP contribution in [0.3, 0.4) is 0 Å². The van der Waals surface area contributed by atoms with Gasteiger partial charge >= 0.3 is 0 Å². The molecular weight excluding hydrogens is 260 g/mol. The van der Waals surface area contributed by atoms with Gasteiger partial charge in [-0.1, -0.05) is 19.1 Å². The van der Waals surface area contributed by atoms with E-state index in [1.54, 1.807) is 19.1 Å². The van der Waals surface area contributed by atoms with Crippen LogP contribution in [-0.2, 0) is 4.74 Å². The third kappa shape index (κ3) is 3.76. The summed E-state index contributed by atoms with van der Waals surface area (Å²) in [6, 6.07) is 2.86. The molecule has 0 bridgehead atoms. The van der Waals surface area contributed by atoms with E-state index in [4.69, 9.17) is 4.74 Å². The van der Waals surface area contributed by atoms with Crippen molar-refractivity contribution in [3.8, 4) is 0 Å².